The van der Waals surface area contributed by atoms with Crippen LogP contribution in [0.1, 0.15) is 5.76 Å². The minimum absolute atomic E-state index is 0.596. The second-order valence-electron chi connectivity index (χ2n) is 12.4. The van der Waals surface area contributed by atoms with Gasteiger partial charge in [-0.25, -0.2) is 15.0 Å². The van der Waals surface area contributed by atoms with E-state index in [1.807, 2.05) is 60.7 Å². The molecule has 0 spiro atoms. The molecule has 10 rings (SSSR count). The molecule has 0 unspecified atom stereocenters. The largest absolute Gasteiger partial charge is 0.454 e. The van der Waals surface area contributed by atoms with Crippen molar-refractivity contribution in [1.82, 2.24) is 15.0 Å². The van der Waals surface area contributed by atoms with E-state index in [9.17, 15) is 0 Å². The molecular weight excluding hydrogens is 601 g/mol. The average Bonchev–Trinajstić information content (AvgIpc) is 3.57. The predicted molar refractivity (Wildman–Crippen MR) is 201 cm³/mol. The van der Waals surface area contributed by atoms with Crippen LogP contribution in [0.25, 0.3) is 94.7 Å². The molecule has 7 aromatic carbocycles. The number of nitrogens with zero attached hydrogens (tertiary/aromatic N) is 3. The fourth-order valence-corrected chi connectivity index (χ4v) is 7.25. The maximum Gasteiger partial charge on any atom is 0.164 e. The fourth-order valence-electron chi connectivity index (χ4n) is 7.25. The van der Waals surface area contributed by atoms with Gasteiger partial charge in [-0.1, -0.05) is 127 Å². The van der Waals surface area contributed by atoms with Crippen molar-refractivity contribution in [3.8, 4) is 45.3 Å². The van der Waals surface area contributed by atoms with Gasteiger partial charge in [-0.2, -0.15) is 0 Å². The minimum atomic E-state index is 0.596. The quantitative estimate of drug-likeness (QED) is 0.197. The van der Waals surface area contributed by atoms with E-state index < -0.39 is 0 Å². The van der Waals surface area contributed by atoms with Crippen molar-refractivity contribution in [3.63, 3.8) is 0 Å². The molecule has 49 heavy (non-hydrogen) atoms. The minimum Gasteiger partial charge on any atom is -0.454 e. The lowest BCUT2D eigenvalue weighted by molar-refractivity contribution is 0.605. The molecule has 0 fully saturated rings. The van der Waals surface area contributed by atoms with Crippen molar-refractivity contribution < 1.29 is 4.42 Å². The first-order chi connectivity index (χ1) is 24.3. The van der Waals surface area contributed by atoms with Gasteiger partial charge >= 0.3 is 0 Å². The van der Waals surface area contributed by atoms with E-state index in [4.69, 9.17) is 19.4 Å². The summed E-state index contributed by atoms with van der Waals surface area (Å²) in [4.78, 5) is 15.1. The number of nitrogens with one attached hydrogen (secondary N) is 1. The molecule has 0 amide bonds. The molecule has 0 atom stereocenters. The summed E-state index contributed by atoms with van der Waals surface area (Å²) in [6, 6.07) is 48.6. The molecule has 2 aromatic heterocycles. The first kappa shape index (κ1) is 27.5. The highest BCUT2D eigenvalue weighted by Gasteiger charge is 2.25. The molecule has 5 nitrogen and oxygen atoms in total. The van der Waals surface area contributed by atoms with Gasteiger partial charge in [-0.05, 0) is 62.2 Å². The fraction of sp³-hybridized carbons (Fsp3) is 0.0227. The van der Waals surface area contributed by atoms with Crippen molar-refractivity contribution in [2.75, 3.05) is 11.9 Å². The molecule has 1 N–H and O–H groups in total. The Hall–Kier alpha value is -6.59. The Bertz CT molecular complexity index is 2710. The van der Waals surface area contributed by atoms with Gasteiger partial charge in [0.15, 0.2) is 23.2 Å². The van der Waals surface area contributed by atoms with Crippen LogP contribution in [0.15, 0.2) is 150 Å². The summed E-state index contributed by atoms with van der Waals surface area (Å²) in [6.45, 7) is 0.706. The number of rotatable bonds is 4. The third-order valence-corrected chi connectivity index (χ3v) is 9.53. The van der Waals surface area contributed by atoms with E-state index in [2.05, 4.69) is 96.3 Å². The molecule has 0 bridgehead atoms. The first-order valence-electron chi connectivity index (χ1n) is 16.5. The number of benzene rings is 7. The average molecular weight is 629 g/mol. The smallest absolute Gasteiger partial charge is 0.164 e. The number of hydrogen-bond acceptors (Lipinski definition) is 5. The van der Waals surface area contributed by atoms with Crippen LogP contribution < -0.4 is 5.32 Å². The van der Waals surface area contributed by atoms with Crippen LogP contribution in [-0.4, -0.2) is 21.5 Å². The molecule has 0 radical (unpaired) electrons. The lowest BCUT2D eigenvalue weighted by atomic mass is 9.89. The molecule has 1 aliphatic rings. The van der Waals surface area contributed by atoms with Crippen LogP contribution in [0.3, 0.4) is 0 Å². The Kier molecular flexibility index (Phi) is 6.18. The van der Waals surface area contributed by atoms with Gasteiger partial charge in [-0.3, -0.25) is 0 Å². The molecule has 5 heteroatoms. The van der Waals surface area contributed by atoms with Gasteiger partial charge in [0, 0.05) is 28.8 Å². The van der Waals surface area contributed by atoms with Crippen LogP contribution in [0, 0.1) is 0 Å². The summed E-state index contributed by atoms with van der Waals surface area (Å²) in [6.07, 6.45) is 4.15. The van der Waals surface area contributed by atoms with E-state index in [1.165, 1.54) is 32.3 Å². The van der Waals surface area contributed by atoms with Crippen molar-refractivity contribution in [3.05, 3.63) is 151 Å². The number of anilines is 1. The summed E-state index contributed by atoms with van der Waals surface area (Å²) in [5.74, 6) is 2.64. The second kappa shape index (κ2) is 11.0. The molecule has 9 aromatic rings. The van der Waals surface area contributed by atoms with Crippen LogP contribution >= 0.6 is 0 Å². The lowest BCUT2D eigenvalue weighted by Gasteiger charge is -2.15. The molecule has 0 saturated heterocycles. The third kappa shape index (κ3) is 4.44. The molecule has 1 aliphatic heterocycles. The first-order valence-corrected chi connectivity index (χ1v) is 16.5. The molecule has 3 heterocycles. The summed E-state index contributed by atoms with van der Waals surface area (Å²) >= 11 is 0. The van der Waals surface area contributed by atoms with Gasteiger partial charge < -0.3 is 9.73 Å². The Morgan fingerprint density at radius 3 is 1.86 bits per heavy atom. The zero-order valence-electron chi connectivity index (χ0n) is 26.4. The van der Waals surface area contributed by atoms with E-state index in [-0.39, 0.29) is 0 Å². The highest BCUT2D eigenvalue weighted by molar-refractivity contribution is 6.23. The summed E-state index contributed by atoms with van der Waals surface area (Å²) in [5, 5.41) is 11.9. The second-order valence-corrected chi connectivity index (χ2v) is 12.4. The number of furan rings is 1. The van der Waals surface area contributed by atoms with Gasteiger partial charge in [0.2, 0.25) is 0 Å². The number of fused-ring (bicyclic) bond motifs is 8. The normalized spacial score (nSPS) is 12.5. The molecule has 0 saturated carbocycles. The highest BCUT2D eigenvalue weighted by Crippen LogP contribution is 2.47. The van der Waals surface area contributed by atoms with E-state index in [0.717, 1.165) is 50.2 Å². The van der Waals surface area contributed by atoms with E-state index >= 15 is 0 Å². The van der Waals surface area contributed by atoms with Crippen LogP contribution in [-0.2, 0) is 0 Å². The highest BCUT2D eigenvalue weighted by atomic mass is 16.3. The lowest BCUT2D eigenvalue weighted by Crippen LogP contribution is -2.04. The predicted octanol–water partition coefficient (Wildman–Crippen LogP) is 11.2. The van der Waals surface area contributed by atoms with Gasteiger partial charge in [-0.15, -0.1) is 0 Å². The monoisotopic (exact) mass is 628 g/mol. The molecule has 0 aliphatic carbocycles. The maximum absolute atomic E-state index is 6.80. The topological polar surface area (TPSA) is 63.8 Å². The molecule has 230 valence electrons. The van der Waals surface area contributed by atoms with Crippen molar-refractivity contribution >= 4 is 55.0 Å². The summed E-state index contributed by atoms with van der Waals surface area (Å²) in [5.41, 5.74) is 6.65. The third-order valence-electron chi connectivity index (χ3n) is 9.53. The number of aromatic nitrogens is 3. The van der Waals surface area contributed by atoms with E-state index in [0.29, 0.717) is 24.0 Å². The Morgan fingerprint density at radius 1 is 0.490 bits per heavy atom. The zero-order chi connectivity index (χ0) is 32.3. The van der Waals surface area contributed by atoms with Crippen molar-refractivity contribution in [1.29, 1.82) is 0 Å². The summed E-state index contributed by atoms with van der Waals surface area (Å²) in [7, 11) is 0. The standard InChI is InChI=1S/C44H28N4O/c1-3-13-28(14-4-1)42-46-43(29-15-5-2-6-16-29)48-44(47-42)35-24-23-34(41-39(35)40-38(49-41)20-11-25-45-40)37-26-36-30-17-8-7-12-27(30)21-22-33(36)31-18-9-10-19-32(31)37/h1-24,26,45H,25H2. The maximum atomic E-state index is 6.80. The van der Waals surface area contributed by atoms with Crippen LogP contribution in [0.4, 0.5) is 5.69 Å². The van der Waals surface area contributed by atoms with Gasteiger partial charge in [0.25, 0.3) is 0 Å². The number of hydrogen-bond donors (Lipinski definition) is 1. The van der Waals surface area contributed by atoms with Crippen LogP contribution in [0.5, 0.6) is 0 Å². The van der Waals surface area contributed by atoms with Crippen LogP contribution in [0.2, 0.25) is 0 Å². The van der Waals surface area contributed by atoms with E-state index in [1.54, 1.807) is 0 Å². The van der Waals surface area contributed by atoms with Crippen molar-refractivity contribution in [2.45, 2.75) is 0 Å². The Morgan fingerprint density at radius 2 is 1.10 bits per heavy atom. The molecular formula is C44H28N4O. The zero-order valence-corrected chi connectivity index (χ0v) is 26.4. The van der Waals surface area contributed by atoms with Gasteiger partial charge in [0.05, 0.1) is 11.1 Å². The Balaban J connectivity index is 1.28. The van der Waals surface area contributed by atoms with Gasteiger partial charge in [0.1, 0.15) is 5.58 Å². The Labute approximate surface area is 282 Å². The SMILES string of the molecule is C1=Cc2oc3c(-c4cc5c6ccccc6ccc5c5ccccc45)ccc(-c4nc(-c5ccccc5)nc(-c5ccccc5)n4)c3c2NC1. The summed E-state index contributed by atoms with van der Waals surface area (Å²) < 4.78 is 6.80. The van der Waals surface area contributed by atoms with Crippen molar-refractivity contribution in [2.24, 2.45) is 0 Å².